The van der Waals surface area contributed by atoms with Gasteiger partial charge in [0.1, 0.15) is 0 Å². The normalized spacial score (nSPS) is 17.4. The van der Waals surface area contributed by atoms with Crippen LogP contribution in [0.15, 0.2) is 84.2 Å². The molecule has 0 saturated heterocycles. The number of nitrogens with zero attached hydrogens (tertiary/aromatic N) is 2. The van der Waals surface area contributed by atoms with E-state index in [0.29, 0.717) is 0 Å². The molecular weight excluding hydrogens is 356 g/mol. The van der Waals surface area contributed by atoms with Crippen LogP contribution >= 0.6 is 0 Å². The highest BCUT2D eigenvalue weighted by Gasteiger charge is 2.20. The number of aromatic nitrogens is 2. The lowest BCUT2D eigenvalue weighted by Gasteiger charge is -2.17. The van der Waals surface area contributed by atoms with Crippen molar-refractivity contribution >= 4 is 39.7 Å². The number of hydrogen-bond donors (Lipinski definition) is 0. The Morgan fingerprint density at radius 3 is 1.72 bits per heavy atom. The van der Waals surface area contributed by atoms with Crippen LogP contribution in [0.4, 0.5) is 0 Å². The molecule has 1 aliphatic rings. The lowest BCUT2D eigenvalue weighted by molar-refractivity contribution is -0.112. The summed E-state index contributed by atoms with van der Waals surface area (Å²) in [6.07, 6.45) is 10.3. The third-order valence-electron chi connectivity index (χ3n) is 5.41. The molecule has 2 heterocycles. The van der Waals surface area contributed by atoms with E-state index in [-0.39, 0.29) is 5.78 Å². The van der Waals surface area contributed by atoms with Crippen molar-refractivity contribution in [2.24, 2.45) is 0 Å². The van der Waals surface area contributed by atoms with Crippen molar-refractivity contribution in [1.29, 1.82) is 0 Å². The first-order chi connectivity index (χ1) is 14.3. The molecule has 3 heteroatoms. The largest absolute Gasteiger partial charge is 0.289 e. The van der Waals surface area contributed by atoms with E-state index in [1.54, 1.807) is 12.4 Å². The van der Waals surface area contributed by atoms with Gasteiger partial charge >= 0.3 is 0 Å². The molecule has 0 atom stereocenters. The molecule has 0 unspecified atom stereocenters. The summed E-state index contributed by atoms with van der Waals surface area (Å²) in [6.45, 7) is 0. The van der Waals surface area contributed by atoms with Gasteiger partial charge in [0.15, 0.2) is 5.78 Å². The quantitative estimate of drug-likeness (QED) is 0.403. The first-order valence-corrected chi connectivity index (χ1v) is 9.92. The fourth-order valence-corrected chi connectivity index (χ4v) is 3.95. The first kappa shape index (κ1) is 17.5. The lowest BCUT2D eigenvalue weighted by atomic mass is 9.86. The van der Waals surface area contributed by atoms with E-state index in [0.717, 1.165) is 63.3 Å². The van der Waals surface area contributed by atoms with Gasteiger partial charge in [-0.05, 0) is 78.9 Å². The summed E-state index contributed by atoms with van der Waals surface area (Å²) in [4.78, 5) is 21.8. The molecule has 1 fully saturated rings. The Balaban J connectivity index is 1.47. The van der Waals surface area contributed by atoms with Crippen LogP contribution in [-0.4, -0.2) is 15.8 Å². The van der Waals surface area contributed by atoms with Crippen LogP contribution in [0.3, 0.4) is 0 Å². The minimum Gasteiger partial charge on any atom is -0.289 e. The Hall–Kier alpha value is -3.59. The second kappa shape index (κ2) is 7.44. The first-order valence-electron chi connectivity index (χ1n) is 9.92. The van der Waals surface area contributed by atoms with E-state index in [1.807, 2.05) is 60.7 Å². The summed E-state index contributed by atoms with van der Waals surface area (Å²) in [5, 5.41) is 2.18. The number of benzene rings is 2. The Labute approximate surface area is 169 Å². The van der Waals surface area contributed by atoms with Crippen LogP contribution < -0.4 is 0 Å². The Bertz CT molecular complexity index is 1200. The zero-order valence-electron chi connectivity index (χ0n) is 16.0. The van der Waals surface area contributed by atoms with E-state index in [4.69, 9.17) is 0 Å². The summed E-state index contributed by atoms with van der Waals surface area (Å²) in [5.41, 5.74) is 5.80. The number of allylic oxidation sites excluding steroid dienone is 2. The summed E-state index contributed by atoms with van der Waals surface area (Å²) < 4.78 is 0. The Morgan fingerprint density at radius 2 is 1.21 bits per heavy atom. The fourth-order valence-electron chi connectivity index (χ4n) is 3.95. The number of carbonyl (C=O) groups excluding carboxylic acids is 1. The zero-order chi connectivity index (χ0) is 19.6. The highest BCUT2D eigenvalue weighted by Crippen LogP contribution is 2.29. The van der Waals surface area contributed by atoms with Crippen molar-refractivity contribution in [3.8, 4) is 0 Å². The highest BCUT2D eigenvalue weighted by molar-refractivity contribution is 6.14. The van der Waals surface area contributed by atoms with Crippen molar-refractivity contribution < 1.29 is 4.79 Å². The van der Waals surface area contributed by atoms with Gasteiger partial charge in [-0.2, -0.15) is 0 Å². The van der Waals surface area contributed by atoms with Gasteiger partial charge < -0.3 is 0 Å². The molecule has 3 nitrogen and oxygen atoms in total. The summed E-state index contributed by atoms with van der Waals surface area (Å²) >= 11 is 0. The predicted molar refractivity (Wildman–Crippen MR) is 118 cm³/mol. The van der Waals surface area contributed by atoms with Gasteiger partial charge in [0, 0.05) is 34.3 Å². The van der Waals surface area contributed by atoms with Gasteiger partial charge in [-0.1, -0.05) is 24.3 Å². The van der Waals surface area contributed by atoms with Gasteiger partial charge in [0.25, 0.3) is 0 Å². The van der Waals surface area contributed by atoms with Crippen molar-refractivity contribution in [3.63, 3.8) is 0 Å². The zero-order valence-corrected chi connectivity index (χ0v) is 16.0. The maximum absolute atomic E-state index is 13.1. The number of ketones is 1. The van der Waals surface area contributed by atoms with Gasteiger partial charge in [0.2, 0.25) is 0 Å². The molecule has 1 saturated carbocycles. The third-order valence-corrected chi connectivity index (χ3v) is 5.41. The molecule has 2 aromatic heterocycles. The van der Waals surface area contributed by atoms with Crippen LogP contribution in [0.5, 0.6) is 0 Å². The van der Waals surface area contributed by atoms with Crippen molar-refractivity contribution in [1.82, 2.24) is 9.97 Å². The van der Waals surface area contributed by atoms with Gasteiger partial charge in [-0.25, -0.2) is 0 Å². The SMILES string of the molecule is O=C1/C(=C/c2ccc3ncccc3c2)CCC/C1=C\c1ccc2ncccc2c1. The fraction of sp³-hybridized carbons (Fsp3) is 0.115. The molecule has 0 amide bonds. The molecule has 0 N–H and O–H groups in total. The van der Waals surface area contributed by atoms with E-state index in [9.17, 15) is 4.79 Å². The summed E-state index contributed by atoms with van der Waals surface area (Å²) in [5.74, 6) is 0.161. The van der Waals surface area contributed by atoms with Gasteiger partial charge in [-0.15, -0.1) is 0 Å². The van der Waals surface area contributed by atoms with Crippen LogP contribution in [-0.2, 0) is 4.79 Å². The van der Waals surface area contributed by atoms with Crippen LogP contribution in [0, 0.1) is 0 Å². The molecule has 29 heavy (non-hydrogen) atoms. The molecule has 140 valence electrons. The molecule has 1 aliphatic carbocycles. The van der Waals surface area contributed by atoms with E-state index < -0.39 is 0 Å². The third kappa shape index (κ3) is 3.59. The predicted octanol–water partition coefficient (Wildman–Crippen LogP) is 6.00. The molecule has 2 aromatic carbocycles. The minimum atomic E-state index is 0.161. The number of pyridine rings is 2. The molecule has 0 spiro atoms. The summed E-state index contributed by atoms with van der Waals surface area (Å²) in [7, 11) is 0. The maximum Gasteiger partial charge on any atom is 0.185 e. The van der Waals surface area contributed by atoms with Crippen molar-refractivity contribution in [3.05, 3.63) is 95.3 Å². The molecule has 5 rings (SSSR count). The van der Waals surface area contributed by atoms with Crippen molar-refractivity contribution in [2.45, 2.75) is 19.3 Å². The molecule has 0 aliphatic heterocycles. The monoisotopic (exact) mass is 376 g/mol. The number of fused-ring (bicyclic) bond motifs is 2. The minimum absolute atomic E-state index is 0.161. The lowest BCUT2D eigenvalue weighted by Crippen LogP contribution is -2.12. The van der Waals surface area contributed by atoms with Crippen molar-refractivity contribution in [2.75, 3.05) is 0 Å². The Morgan fingerprint density at radius 1 is 0.690 bits per heavy atom. The van der Waals surface area contributed by atoms with Gasteiger partial charge in [-0.3, -0.25) is 14.8 Å². The van der Waals surface area contributed by atoms with E-state index in [2.05, 4.69) is 22.1 Å². The maximum atomic E-state index is 13.1. The number of carbonyl (C=O) groups is 1. The van der Waals surface area contributed by atoms with Gasteiger partial charge in [0.05, 0.1) is 11.0 Å². The molecule has 4 aromatic rings. The number of rotatable bonds is 2. The van der Waals surface area contributed by atoms with Crippen LogP contribution in [0.1, 0.15) is 30.4 Å². The van der Waals surface area contributed by atoms with Crippen LogP contribution in [0.25, 0.3) is 34.0 Å². The second-order valence-corrected chi connectivity index (χ2v) is 7.43. The average molecular weight is 376 g/mol. The standard InChI is InChI=1S/C26H20N2O/c29-26-22(16-18-8-10-24-20(14-18)6-2-12-27-24)4-1-5-23(26)17-19-9-11-25-21(15-19)7-3-13-28-25/h2-3,6-17H,1,4-5H2/b22-16+,23-17+. The molecular formula is C26H20N2O. The molecule has 0 bridgehead atoms. The van der Waals surface area contributed by atoms with Crippen LogP contribution in [0.2, 0.25) is 0 Å². The van der Waals surface area contributed by atoms with E-state index >= 15 is 0 Å². The summed E-state index contributed by atoms with van der Waals surface area (Å²) in [6, 6.07) is 20.2. The smallest absolute Gasteiger partial charge is 0.185 e. The second-order valence-electron chi connectivity index (χ2n) is 7.43. The topological polar surface area (TPSA) is 42.9 Å². The number of hydrogen-bond acceptors (Lipinski definition) is 3. The molecule has 0 radical (unpaired) electrons. The highest BCUT2D eigenvalue weighted by atomic mass is 16.1. The van der Waals surface area contributed by atoms with E-state index in [1.165, 1.54) is 0 Å². The average Bonchev–Trinajstić information content (AvgIpc) is 2.76. The Kier molecular flexibility index (Phi) is 4.49. The number of Topliss-reactive ketones (excluding diaryl/α,β-unsaturated/α-hetero) is 1.